The molecule has 0 radical (unpaired) electrons. The van der Waals surface area contributed by atoms with Gasteiger partial charge in [0.05, 0.1) is 21.7 Å². The summed E-state index contributed by atoms with van der Waals surface area (Å²) < 4.78 is 67.7. The van der Waals surface area contributed by atoms with Crippen LogP contribution in [0.1, 0.15) is 5.56 Å². The van der Waals surface area contributed by atoms with Crippen LogP contribution in [-0.4, -0.2) is 51.4 Å². The molecular weight excluding hydrogens is 555 g/mol. The van der Waals surface area contributed by atoms with E-state index in [0.29, 0.717) is 11.3 Å². The molecule has 0 aliphatic rings. The Bertz CT molecular complexity index is 1790. The fourth-order valence-corrected chi connectivity index (χ4v) is 4.78. The van der Waals surface area contributed by atoms with Crippen LogP contribution in [0.25, 0.3) is 10.8 Å². The molecule has 0 aliphatic carbocycles. The predicted molar refractivity (Wildman–Crippen MR) is 144 cm³/mol. The smallest absolute Gasteiger partial charge is 0.505 e. The number of rotatable bonds is 7. The summed E-state index contributed by atoms with van der Waals surface area (Å²) in [4.78, 5) is 4.80. The van der Waals surface area contributed by atoms with E-state index in [2.05, 4.69) is 15.2 Å². The number of fused-ring (bicyclic) bond motifs is 1. The van der Waals surface area contributed by atoms with Crippen molar-refractivity contribution >= 4 is 60.0 Å². The Balaban J connectivity index is 0.00000420. The van der Waals surface area contributed by atoms with Crippen molar-refractivity contribution in [3.05, 3.63) is 78.4 Å². The number of nitrogens with zero attached hydrogens (tertiary/aromatic N) is 4. The standard InChI is InChI=1S/C25H22N4O7S2.Na/c1-29(2)19-10-8-16(9-11-19)15-26-21-14-20(37(31,32)33)12-17-13-22(38(34,35)36)24(25(30)23(17)21)28-27-18-6-4-3-5-7-18;/h3-15,30H,1-2H3,(H,31,32,33)(H,34,35,36);/q;+1. The summed E-state index contributed by atoms with van der Waals surface area (Å²) in [5.41, 5.74) is 1.23. The molecule has 0 saturated carbocycles. The average molecular weight is 578 g/mol. The molecule has 0 aromatic heterocycles. The molecule has 11 nitrogen and oxygen atoms in total. The van der Waals surface area contributed by atoms with Gasteiger partial charge in [0.15, 0.2) is 5.75 Å². The van der Waals surface area contributed by atoms with Gasteiger partial charge >= 0.3 is 29.6 Å². The quantitative estimate of drug-likeness (QED) is 0.130. The van der Waals surface area contributed by atoms with E-state index >= 15 is 0 Å². The number of aromatic hydroxyl groups is 1. The van der Waals surface area contributed by atoms with Crippen LogP contribution in [0.4, 0.5) is 22.7 Å². The van der Waals surface area contributed by atoms with E-state index in [1.165, 1.54) is 6.21 Å². The second-order valence-electron chi connectivity index (χ2n) is 8.34. The van der Waals surface area contributed by atoms with Gasteiger partial charge in [0.2, 0.25) is 0 Å². The van der Waals surface area contributed by atoms with Crippen molar-refractivity contribution in [1.29, 1.82) is 0 Å². The molecule has 4 aromatic rings. The first kappa shape index (κ1) is 30.4. The first-order valence-corrected chi connectivity index (χ1v) is 13.8. The summed E-state index contributed by atoms with van der Waals surface area (Å²) in [7, 11) is -5.93. The Morgan fingerprint density at radius 3 is 2.03 bits per heavy atom. The zero-order valence-electron chi connectivity index (χ0n) is 21.1. The molecule has 4 rings (SSSR count). The average Bonchev–Trinajstić information content (AvgIpc) is 2.86. The third kappa shape index (κ3) is 7.08. The summed E-state index contributed by atoms with van der Waals surface area (Å²) in [6.45, 7) is 0. The molecule has 14 heteroatoms. The molecular formula is C25H22N4NaO7S2+. The largest absolute Gasteiger partial charge is 1.00 e. The van der Waals surface area contributed by atoms with Gasteiger partial charge in [-0.05, 0) is 53.4 Å². The van der Waals surface area contributed by atoms with Crippen molar-refractivity contribution in [3.63, 3.8) is 0 Å². The Morgan fingerprint density at radius 2 is 1.46 bits per heavy atom. The maximum Gasteiger partial charge on any atom is 1.00 e. The Kier molecular flexibility index (Phi) is 9.28. The normalized spacial score (nSPS) is 12.2. The molecule has 0 spiro atoms. The van der Waals surface area contributed by atoms with E-state index in [1.807, 2.05) is 31.1 Å². The van der Waals surface area contributed by atoms with Crippen LogP contribution in [0, 0.1) is 0 Å². The molecule has 0 unspecified atom stereocenters. The number of hydrogen-bond acceptors (Lipinski definition) is 9. The van der Waals surface area contributed by atoms with Crippen LogP contribution in [0.3, 0.4) is 0 Å². The number of azo groups is 1. The number of aliphatic imine (C=N–C) groups is 1. The minimum absolute atomic E-state index is 0. The molecule has 0 bridgehead atoms. The molecule has 0 aliphatic heterocycles. The van der Waals surface area contributed by atoms with E-state index in [1.54, 1.807) is 42.5 Å². The number of anilines is 1. The van der Waals surface area contributed by atoms with E-state index in [4.69, 9.17) is 0 Å². The molecule has 0 heterocycles. The number of hydrogen-bond donors (Lipinski definition) is 3. The van der Waals surface area contributed by atoms with Crippen molar-refractivity contribution in [2.75, 3.05) is 19.0 Å². The van der Waals surface area contributed by atoms with Crippen molar-refractivity contribution in [2.24, 2.45) is 15.2 Å². The third-order valence-corrected chi connectivity index (χ3v) is 7.16. The number of phenolic OH excluding ortho intramolecular Hbond substituents is 1. The van der Waals surface area contributed by atoms with Gasteiger partial charge in [-0.2, -0.15) is 21.9 Å². The first-order chi connectivity index (χ1) is 17.8. The minimum Gasteiger partial charge on any atom is -0.505 e. The van der Waals surface area contributed by atoms with Gasteiger partial charge in [0, 0.05) is 26.0 Å². The molecule has 0 amide bonds. The molecule has 4 aromatic carbocycles. The van der Waals surface area contributed by atoms with Gasteiger partial charge in [0.1, 0.15) is 10.6 Å². The summed E-state index contributed by atoms with van der Waals surface area (Å²) in [5, 5.41) is 18.7. The third-order valence-electron chi connectivity index (χ3n) is 5.46. The van der Waals surface area contributed by atoms with Crippen LogP contribution in [-0.2, 0) is 20.2 Å². The molecule has 0 atom stereocenters. The number of phenols is 1. The fourth-order valence-electron chi connectivity index (χ4n) is 3.59. The van der Waals surface area contributed by atoms with E-state index in [9.17, 15) is 31.0 Å². The van der Waals surface area contributed by atoms with Gasteiger partial charge in [-0.15, -0.1) is 5.11 Å². The first-order valence-electron chi connectivity index (χ1n) is 10.9. The summed E-state index contributed by atoms with van der Waals surface area (Å²) in [6.07, 6.45) is 1.41. The monoisotopic (exact) mass is 577 g/mol. The van der Waals surface area contributed by atoms with Gasteiger partial charge < -0.3 is 10.0 Å². The zero-order chi connectivity index (χ0) is 27.7. The minimum atomic E-state index is -4.95. The maximum absolute atomic E-state index is 12.2. The summed E-state index contributed by atoms with van der Waals surface area (Å²) >= 11 is 0. The second-order valence-corrected chi connectivity index (χ2v) is 11.2. The van der Waals surface area contributed by atoms with Crippen molar-refractivity contribution in [3.8, 4) is 5.75 Å². The summed E-state index contributed by atoms with van der Waals surface area (Å²) in [6, 6.07) is 18.4. The molecule has 0 saturated heterocycles. The van der Waals surface area contributed by atoms with Gasteiger partial charge in [-0.25, -0.2) is 0 Å². The number of benzene rings is 4. The van der Waals surface area contributed by atoms with E-state index in [0.717, 1.165) is 23.9 Å². The second kappa shape index (κ2) is 11.9. The van der Waals surface area contributed by atoms with E-state index < -0.39 is 41.5 Å². The van der Waals surface area contributed by atoms with Gasteiger partial charge in [0.25, 0.3) is 20.2 Å². The predicted octanol–water partition coefficient (Wildman–Crippen LogP) is 2.27. The van der Waals surface area contributed by atoms with Crippen LogP contribution in [0.5, 0.6) is 5.75 Å². The zero-order valence-corrected chi connectivity index (χ0v) is 24.7. The van der Waals surface area contributed by atoms with Gasteiger partial charge in [-0.1, -0.05) is 30.3 Å². The topological polar surface area (TPSA) is 169 Å². The maximum atomic E-state index is 12.2. The van der Waals surface area contributed by atoms with Crippen LogP contribution >= 0.6 is 0 Å². The van der Waals surface area contributed by atoms with E-state index in [-0.39, 0.29) is 46.0 Å². The molecule has 3 N–H and O–H groups in total. The van der Waals surface area contributed by atoms with Crippen LogP contribution in [0.2, 0.25) is 0 Å². The van der Waals surface area contributed by atoms with Crippen LogP contribution in [0.15, 0.2) is 97.8 Å². The molecule has 39 heavy (non-hydrogen) atoms. The Hall–Kier alpha value is -3.17. The van der Waals surface area contributed by atoms with Crippen LogP contribution < -0.4 is 34.5 Å². The Morgan fingerprint density at radius 1 is 0.821 bits per heavy atom. The SMILES string of the molecule is CN(C)c1ccc(C=Nc2cc(S(=O)(=O)O)cc3cc(S(=O)(=O)O)c(N=Nc4ccccc4)c(O)c23)cc1.[Na+]. The van der Waals surface area contributed by atoms with Crippen molar-refractivity contribution < 1.29 is 60.6 Å². The Labute approximate surface area is 247 Å². The molecule has 196 valence electrons. The van der Waals surface area contributed by atoms with Gasteiger partial charge in [-0.3, -0.25) is 14.1 Å². The fraction of sp³-hybridized carbons (Fsp3) is 0.0800. The molecule has 0 fully saturated rings. The van der Waals surface area contributed by atoms with Crippen molar-refractivity contribution in [2.45, 2.75) is 9.79 Å². The van der Waals surface area contributed by atoms with Crippen molar-refractivity contribution in [1.82, 2.24) is 0 Å². The summed E-state index contributed by atoms with van der Waals surface area (Å²) in [5.74, 6) is -0.716.